The third-order valence-electron chi connectivity index (χ3n) is 4.55. The van der Waals surface area contributed by atoms with E-state index in [2.05, 4.69) is 20.8 Å². The van der Waals surface area contributed by atoms with E-state index in [0.717, 1.165) is 11.3 Å². The van der Waals surface area contributed by atoms with Crippen LogP contribution >= 0.6 is 0 Å². The van der Waals surface area contributed by atoms with E-state index in [1.54, 1.807) is 24.3 Å². The summed E-state index contributed by atoms with van der Waals surface area (Å²) in [6.45, 7) is 2.09. The molecule has 0 radical (unpaired) electrons. The number of aromatic amines is 1. The zero-order valence-corrected chi connectivity index (χ0v) is 15.4. The maximum Gasteiger partial charge on any atom is 0.272 e. The largest absolute Gasteiger partial charge is 0.489 e. The van der Waals surface area contributed by atoms with E-state index in [-0.39, 0.29) is 18.2 Å². The Bertz CT molecular complexity index is 1010. The maximum absolute atomic E-state index is 12.5. The predicted molar refractivity (Wildman–Crippen MR) is 104 cm³/mol. The van der Waals surface area contributed by atoms with Gasteiger partial charge in [-0.2, -0.15) is 5.10 Å². The molecule has 3 N–H and O–H groups in total. The summed E-state index contributed by atoms with van der Waals surface area (Å²) in [7, 11) is 0. The van der Waals surface area contributed by atoms with Crippen LogP contribution in [0.15, 0.2) is 54.6 Å². The fourth-order valence-electron chi connectivity index (χ4n) is 3.00. The highest BCUT2D eigenvalue weighted by Gasteiger charge is 2.27. The van der Waals surface area contributed by atoms with Crippen molar-refractivity contribution in [2.75, 3.05) is 11.9 Å². The first kappa shape index (κ1) is 17.8. The number of fused-ring (bicyclic) bond motifs is 1. The Morgan fingerprint density at radius 3 is 2.82 bits per heavy atom. The molecule has 0 bridgehead atoms. The molecule has 28 heavy (non-hydrogen) atoms. The van der Waals surface area contributed by atoms with E-state index in [0.29, 0.717) is 17.9 Å². The first-order valence-corrected chi connectivity index (χ1v) is 9.02. The quantitative estimate of drug-likeness (QED) is 0.652. The molecule has 4 rings (SSSR count). The lowest BCUT2D eigenvalue weighted by molar-refractivity contribution is -0.118. The molecule has 7 nitrogen and oxygen atoms in total. The van der Waals surface area contributed by atoms with Crippen LogP contribution < -0.4 is 15.4 Å². The molecular weight excluding hydrogens is 356 g/mol. The lowest BCUT2D eigenvalue weighted by Crippen LogP contribution is -2.46. The number of hydrogen-bond acceptors (Lipinski definition) is 4. The van der Waals surface area contributed by atoms with Crippen molar-refractivity contribution in [1.82, 2.24) is 15.5 Å². The SMILES string of the molecule is Cc1ccc(Cc2cc(C(=O)N[C@H]3COc4ccccc4NC3=O)n[nH]2)cc1. The second-order valence-corrected chi connectivity index (χ2v) is 6.76. The number of anilines is 1. The summed E-state index contributed by atoms with van der Waals surface area (Å²) in [6, 6.07) is 16.2. The van der Waals surface area contributed by atoms with Crippen molar-refractivity contribution < 1.29 is 14.3 Å². The van der Waals surface area contributed by atoms with Crippen LogP contribution in [0.4, 0.5) is 5.69 Å². The van der Waals surface area contributed by atoms with Gasteiger partial charge < -0.3 is 15.4 Å². The number of H-pyrrole nitrogens is 1. The van der Waals surface area contributed by atoms with Crippen LogP contribution in [-0.2, 0) is 11.2 Å². The average Bonchev–Trinajstić information content (AvgIpc) is 3.10. The van der Waals surface area contributed by atoms with Gasteiger partial charge in [-0.05, 0) is 30.7 Å². The van der Waals surface area contributed by atoms with Crippen LogP contribution in [-0.4, -0.2) is 34.7 Å². The molecule has 1 aromatic heterocycles. The Hall–Kier alpha value is -3.61. The fourth-order valence-corrected chi connectivity index (χ4v) is 3.00. The molecule has 0 unspecified atom stereocenters. The Balaban J connectivity index is 1.41. The van der Waals surface area contributed by atoms with Gasteiger partial charge >= 0.3 is 0 Å². The van der Waals surface area contributed by atoms with Gasteiger partial charge in [0.25, 0.3) is 11.8 Å². The number of amides is 2. The number of hydrogen-bond donors (Lipinski definition) is 3. The topological polar surface area (TPSA) is 96.1 Å². The number of aryl methyl sites for hydroxylation is 1. The Morgan fingerprint density at radius 2 is 2.00 bits per heavy atom. The molecule has 2 heterocycles. The van der Waals surface area contributed by atoms with E-state index in [1.165, 1.54) is 5.56 Å². The summed E-state index contributed by atoms with van der Waals surface area (Å²) in [5.74, 6) is -0.178. The summed E-state index contributed by atoms with van der Waals surface area (Å²) in [5, 5.41) is 12.4. The number of carbonyl (C=O) groups excluding carboxylic acids is 2. The van der Waals surface area contributed by atoms with Gasteiger partial charge in [-0.3, -0.25) is 14.7 Å². The molecule has 0 aliphatic carbocycles. The highest BCUT2D eigenvalue weighted by molar-refractivity contribution is 6.01. The summed E-state index contributed by atoms with van der Waals surface area (Å²) in [6.07, 6.45) is 0.642. The molecule has 1 atom stereocenters. The maximum atomic E-state index is 12.5. The number of aromatic nitrogens is 2. The smallest absolute Gasteiger partial charge is 0.272 e. The van der Waals surface area contributed by atoms with Gasteiger partial charge in [-0.25, -0.2) is 0 Å². The van der Waals surface area contributed by atoms with Gasteiger partial charge in [0.15, 0.2) is 0 Å². The van der Waals surface area contributed by atoms with Crippen LogP contribution in [0.1, 0.15) is 27.3 Å². The molecule has 0 fully saturated rings. The number of carbonyl (C=O) groups is 2. The molecule has 0 spiro atoms. The van der Waals surface area contributed by atoms with Crippen molar-refractivity contribution >= 4 is 17.5 Å². The monoisotopic (exact) mass is 376 g/mol. The van der Waals surface area contributed by atoms with Gasteiger partial charge in [-0.1, -0.05) is 42.0 Å². The van der Waals surface area contributed by atoms with E-state index < -0.39 is 11.9 Å². The first-order chi connectivity index (χ1) is 13.6. The highest BCUT2D eigenvalue weighted by atomic mass is 16.5. The molecule has 3 aromatic rings. The molecule has 2 aromatic carbocycles. The summed E-state index contributed by atoms with van der Waals surface area (Å²) >= 11 is 0. The van der Waals surface area contributed by atoms with Gasteiger partial charge in [0.2, 0.25) is 0 Å². The number of nitrogens with one attached hydrogen (secondary N) is 3. The Labute approximate surface area is 162 Å². The van der Waals surface area contributed by atoms with Crippen molar-refractivity contribution in [3.8, 4) is 5.75 Å². The minimum atomic E-state index is -0.808. The molecule has 1 aliphatic heterocycles. The number of rotatable bonds is 4. The molecule has 1 aliphatic rings. The zero-order chi connectivity index (χ0) is 19.5. The fraction of sp³-hybridized carbons (Fsp3) is 0.190. The van der Waals surface area contributed by atoms with Crippen molar-refractivity contribution in [3.63, 3.8) is 0 Å². The van der Waals surface area contributed by atoms with E-state index in [1.807, 2.05) is 37.3 Å². The third-order valence-corrected chi connectivity index (χ3v) is 4.55. The second-order valence-electron chi connectivity index (χ2n) is 6.76. The summed E-state index contributed by atoms with van der Waals surface area (Å²) < 4.78 is 5.64. The Morgan fingerprint density at radius 1 is 1.21 bits per heavy atom. The van der Waals surface area contributed by atoms with Gasteiger partial charge in [0.1, 0.15) is 24.1 Å². The van der Waals surface area contributed by atoms with Crippen molar-refractivity contribution in [3.05, 3.63) is 77.1 Å². The lowest BCUT2D eigenvalue weighted by atomic mass is 10.1. The van der Waals surface area contributed by atoms with E-state index >= 15 is 0 Å². The van der Waals surface area contributed by atoms with Crippen LogP contribution in [0.5, 0.6) is 5.75 Å². The third kappa shape index (κ3) is 3.88. The predicted octanol–water partition coefficient (Wildman–Crippen LogP) is 2.44. The normalized spacial score (nSPS) is 15.8. The van der Waals surface area contributed by atoms with Crippen LogP contribution in [0.2, 0.25) is 0 Å². The molecule has 2 amide bonds. The van der Waals surface area contributed by atoms with Crippen molar-refractivity contribution in [1.29, 1.82) is 0 Å². The molecule has 0 saturated heterocycles. The Kier molecular flexibility index (Phi) is 4.80. The number of ether oxygens (including phenoxy) is 1. The minimum Gasteiger partial charge on any atom is -0.489 e. The first-order valence-electron chi connectivity index (χ1n) is 9.02. The van der Waals surface area contributed by atoms with Crippen molar-refractivity contribution in [2.45, 2.75) is 19.4 Å². The average molecular weight is 376 g/mol. The van der Waals surface area contributed by atoms with Crippen LogP contribution in [0, 0.1) is 6.92 Å². The molecule has 0 saturated carbocycles. The van der Waals surface area contributed by atoms with Crippen molar-refractivity contribution in [2.24, 2.45) is 0 Å². The standard InChI is InChI=1S/C21H20N4O3/c1-13-6-8-14(9-7-13)10-15-11-17(25-24-15)20(26)23-18-12-28-19-5-3-2-4-16(19)22-21(18)27/h2-9,11,18H,10,12H2,1H3,(H,22,27)(H,23,26)(H,24,25)/t18-/m0/s1. The summed E-state index contributed by atoms with van der Waals surface area (Å²) in [5.41, 5.74) is 3.96. The van der Waals surface area contributed by atoms with Gasteiger partial charge in [0, 0.05) is 12.1 Å². The zero-order valence-electron chi connectivity index (χ0n) is 15.4. The van der Waals surface area contributed by atoms with E-state index in [4.69, 9.17) is 4.74 Å². The highest BCUT2D eigenvalue weighted by Crippen LogP contribution is 2.26. The van der Waals surface area contributed by atoms with E-state index in [9.17, 15) is 9.59 Å². The molecule has 142 valence electrons. The summed E-state index contributed by atoms with van der Waals surface area (Å²) in [4.78, 5) is 24.9. The molecular formula is C21H20N4O3. The molecule has 7 heteroatoms. The van der Waals surface area contributed by atoms with Crippen LogP contribution in [0.25, 0.3) is 0 Å². The van der Waals surface area contributed by atoms with Gasteiger partial charge in [-0.15, -0.1) is 0 Å². The second kappa shape index (κ2) is 7.56. The number of para-hydroxylation sites is 2. The van der Waals surface area contributed by atoms with Gasteiger partial charge in [0.05, 0.1) is 5.69 Å². The number of nitrogens with zero attached hydrogens (tertiary/aromatic N) is 1. The van der Waals surface area contributed by atoms with Crippen LogP contribution in [0.3, 0.4) is 0 Å². The number of benzene rings is 2. The minimum absolute atomic E-state index is 0.0508. The lowest BCUT2D eigenvalue weighted by Gasteiger charge is -2.13.